The van der Waals surface area contributed by atoms with Gasteiger partial charge in [-0.3, -0.25) is 0 Å². The minimum Gasteiger partial charge on any atom is -0.390 e. The zero-order chi connectivity index (χ0) is 22.4. The van der Waals surface area contributed by atoms with Crippen molar-refractivity contribution in [2.24, 2.45) is 0 Å². The average molecular weight is 465 g/mol. The lowest BCUT2D eigenvalue weighted by Crippen LogP contribution is -2.42. The van der Waals surface area contributed by atoms with Gasteiger partial charge in [0.15, 0.2) is 5.15 Å². The number of aromatic nitrogens is 4. The number of benzene rings is 1. The molecular weight excluding hydrogens is 439 g/mol. The fraction of sp³-hybridized carbons (Fsp3) is 0.476. The third-order valence-electron chi connectivity index (χ3n) is 5.39. The molecule has 3 aromatic rings. The van der Waals surface area contributed by atoms with Gasteiger partial charge in [-0.05, 0) is 45.7 Å². The normalized spacial score (nSPS) is 16.7. The number of hydrogen-bond acceptors (Lipinski definition) is 7. The number of halogens is 2. The molecule has 0 unspecified atom stereocenters. The van der Waals surface area contributed by atoms with Gasteiger partial charge in [0.25, 0.3) is 0 Å². The van der Waals surface area contributed by atoms with Crippen LogP contribution in [0.15, 0.2) is 24.5 Å². The Morgan fingerprint density at radius 1 is 1.19 bits per heavy atom. The topological polar surface area (TPSA) is 99.3 Å². The summed E-state index contributed by atoms with van der Waals surface area (Å²) in [6, 6.07) is 3.81. The first-order valence-electron chi connectivity index (χ1n) is 10.2. The predicted molar refractivity (Wildman–Crippen MR) is 123 cm³/mol. The van der Waals surface area contributed by atoms with Crippen LogP contribution < -0.4 is 10.2 Å². The van der Waals surface area contributed by atoms with Gasteiger partial charge in [-0.1, -0.05) is 23.2 Å². The second-order valence-corrected chi connectivity index (χ2v) is 9.75. The third kappa shape index (κ3) is 5.03. The lowest BCUT2D eigenvalue weighted by Gasteiger charge is -2.37. The summed E-state index contributed by atoms with van der Waals surface area (Å²) in [4.78, 5) is 11.1. The third-order valence-corrected chi connectivity index (χ3v) is 6.09. The first-order valence-corrected chi connectivity index (χ1v) is 10.9. The minimum atomic E-state index is -0.941. The molecule has 3 N–H and O–H groups in total. The van der Waals surface area contributed by atoms with Crippen molar-refractivity contribution >= 4 is 51.4 Å². The van der Waals surface area contributed by atoms with Gasteiger partial charge in [-0.2, -0.15) is 5.10 Å². The van der Waals surface area contributed by atoms with E-state index in [1.165, 1.54) is 4.68 Å². The molecule has 0 amide bonds. The standard InChI is InChI=1S/C21H26Cl2N6O2/c1-20(2,30)12-29-18(23)16(11-25-29)27-19-24-10-13-8-14(22)17(9-15(13)26-19)28-6-4-21(3,31)5-7-28/h8-11,30-31H,4-7,12H2,1-3H3,(H,24,26,27). The number of fused-ring (bicyclic) bond motifs is 1. The van der Waals surface area contributed by atoms with Crippen LogP contribution in [0.4, 0.5) is 17.3 Å². The van der Waals surface area contributed by atoms with Gasteiger partial charge >= 0.3 is 0 Å². The summed E-state index contributed by atoms with van der Waals surface area (Å²) in [7, 11) is 0. The maximum Gasteiger partial charge on any atom is 0.227 e. The highest BCUT2D eigenvalue weighted by Gasteiger charge is 2.28. The maximum atomic E-state index is 10.2. The van der Waals surface area contributed by atoms with Crippen molar-refractivity contribution in [2.45, 2.75) is 51.4 Å². The first kappa shape index (κ1) is 22.1. The molecule has 0 aliphatic carbocycles. The van der Waals surface area contributed by atoms with E-state index in [1.807, 2.05) is 19.1 Å². The lowest BCUT2D eigenvalue weighted by molar-refractivity contribution is 0.0351. The van der Waals surface area contributed by atoms with Gasteiger partial charge in [-0.25, -0.2) is 14.6 Å². The van der Waals surface area contributed by atoms with Crippen LogP contribution in [0.25, 0.3) is 10.9 Å². The molecule has 0 radical (unpaired) electrons. The smallest absolute Gasteiger partial charge is 0.227 e. The van der Waals surface area contributed by atoms with Gasteiger partial charge in [0, 0.05) is 24.7 Å². The molecule has 2 aromatic heterocycles. The molecule has 0 bridgehead atoms. The monoisotopic (exact) mass is 464 g/mol. The van der Waals surface area contributed by atoms with E-state index in [9.17, 15) is 10.2 Å². The molecule has 1 aromatic carbocycles. The zero-order valence-corrected chi connectivity index (χ0v) is 19.2. The molecule has 4 rings (SSSR count). The van der Waals surface area contributed by atoms with Crippen molar-refractivity contribution in [2.75, 3.05) is 23.3 Å². The Bertz CT molecular complexity index is 1100. The van der Waals surface area contributed by atoms with E-state index in [-0.39, 0.29) is 6.54 Å². The van der Waals surface area contributed by atoms with E-state index in [0.717, 1.165) is 29.7 Å². The van der Waals surface area contributed by atoms with E-state index >= 15 is 0 Å². The molecule has 3 heterocycles. The number of rotatable bonds is 5. The largest absolute Gasteiger partial charge is 0.390 e. The number of nitrogens with zero attached hydrogens (tertiary/aromatic N) is 5. The SMILES string of the molecule is CC(C)(O)Cn1ncc(Nc2ncc3cc(Cl)c(N4CCC(C)(O)CC4)cc3n2)c1Cl. The van der Waals surface area contributed by atoms with Crippen LogP contribution in [0.5, 0.6) is 0 Å². The van der Waals surface area contributed by atoms with Gasteiger partial charge in [0.05, 0.1) is 45.9 Å². The van der Waals surface area contributed by atoms with Gasteiger partial charge in [-0.15, -0.1) is 0 Å². The molecule has 10 heteroatoms. The summed E-state index contributed by atoms with van der Waals surface area (Å²) >= 11 is 12.9. The molecule has 1 fully saturated rings. The lowest BCUT2D eigenvalue weighted by atomic mass is 9.93. The van der Waals surface area contributed by atoms with Crippen LogP contribution in [0.2, 0.25) is 10.2 Å². The molecule has 1 saturated heterocycles. The van der Waals surface area contributed by atoms with Crippen LogP contribution in [-0.2, 0) is 6.54 Å². The average Bonchev–Trinajstić information content (AvgIpc) is 3.00. The van der Waals surface area contributed by atoms with Crippen molar-refractivity contribution < 1.29 is 10.2 Å². The summed E-state index contributed by atoms with van der Waals surface area (Å²) in [5.41, 5.74) is 0.621. The fourth-order valence-corrected chi connectivity index (χ4v) is 4.11. The van der Waals surface area contributed by atoms with Crippen molar-refractivity contribution in [3.05, 3.63) is 34.7 Å². The van der Waals surface area contributed by atoms with Crippen LogP contribution in [0, 0.1) is 0 Å². The van der Waals surface area contributed by atoms with Crippen molar-refractivity contribution in [3.8, 4) is 0 Å². The Balaban J connectivity index is 1.59. The first-order chi connectivity index (χ1) is 14.5. The van der Waals surface area contributed by atoms with E-state index in [4.69, 9.17) is 23.2 Å². The van der Waals surface area contributed by atoms with Crippen molar-refractivity contribution in [1.82, 2.24) is 19.7 Å². The number of hydrogen-bond donors (Lipinski definition) is 3. The Kier molecular flexibility index (Phi) is 5.76. The Morgan fingerprint density at radius 3 is 2.58 bits per heavy atom. The Morgan fingerprint density at radius 2 is 1.90 bits per heavy atom. The maximum absolute atomic E-state index is 10.2. The van der Waals surface area contributed by atoms with Gasteiger partial charge < -0.3 is 20.4 Å². The molecule has 166 valence electrons. The molecule has 0 atom stereocenters. The number of anilines is 3. The van der Waals surface area contributed by atoms with Crippen LogP contribution in [0.3, 0.4) is 0 Å². The second-order valence-electron chi connectivity index (χ2n) is 8.98. The van der Waals surface area contributed by atoms with Crippen molar-refractivity contribution in [3.63, 3.8) is 0 Å². The number of aliphatic hydroxyl groups is 2. The number of nitrogens with one attached hydrogen (secondary N) is 1. The van der Waals surface area contributed by atoms with Crippen molar-refractivity contribution in [1.29, 1.82) is 0 Å². The summed E-state index contributed by atoms with van der Waals surface area (Å²) in [5, 5.41) is 29.4. The Hall–Kier alpha value is -2.13. The summed E-state index contributed by atoms with van der Waals surface area (Å²) < 4.78 is 1.52. The quantitative estimate of drug-likeness (QED) is 0.524. The summed E-state index contributed by atoms with van der Waals surface area (Å²) in [6.45, 7) is 6.96. The highest BCUT2D eigenvalue weighted by Crippen LogP contribution is 2.34. The van der Waals surface area contributed by atoms with E-state index < -0.39 is 11.2 Å². The molecule has 1 aliphatic heterocycles. The fourth-order valence-electron chi connectivity index (χ4n) is 3.62. The predicted octanol–water partition coefficient (Wildman–Crippen LogP) is 4.00. The van der Waals surface area contributed by atoms with Crippen LogP contribution >= 0.6 is 23.2 Å². The summed E-state index contributed by atoms with van der Waals surface area (Å²) in [6.07, 6.45) is 4.65. The Labute approximate surface area is 190 Å². The highest BCUT2D eigenvalue weighted by atomic mass is 35.5. The molecule has 31 heavy (non-hydrogen) atoms. The van der Waals surface area contributed by atoms with Gasteiger partial charge in [0.2, 0.25) is 5.95 Å². The minimum absolute atomic E-state index is 0.261. The molecule has 0 saturated carbocycles. The molecular formula is C21H26Cl2N6O2. The van der Waals surface area contributed by atoms with E-state index in [2.05, 4.69) is 25.3 Å². The van der Waals surface area contributed by atoms with Crippen LogP contribution in [-0.4, -0.2) is 54.3 Å². The molecule has 8 nitrogen and oxygen atoms in total. The van der Waals surface area contributed by atoms with E-state index in [1.54, 1.807) is 26.2 Å². The second kappa shape index (κ2) is 8.09. The molecule has 0 spiro atoms. The number of piperidine rings is 1. The van der Waals surface area contributed by atoms with Crippen LogP contribution in [0.1, 0.15) is 33.6 Å². The van der Waals surface area contributed by atoms with Gasteiger partial charge in [0.1, 0.15) is 0 Å². The zero-order valence-electron chi connectivity index (χ0n) is 17.7. The van der Waals surface area contributed by atoms with E-state index in [0.29, 0.717) is 34.7 Å². The summed E-state index contributed by atoms with van der Waals surface area (Å²) in [5.74, 6) is 0.382. The highest BCUT2D eigenvalue weighted by molar-refractivity contribution is 6.34. The molecule has 1 aliphatic rings.